The van der Waals surface area contributed by atoms with Gasteiger partial charge in [0, 0.05) is 19.1 Å². The van der Waals surface area contributed by atoms with Crippen LogP contribution in [-0.4, -0.2) is 47.5 Å². The van der Waals surface area contributed by atoms with Gasteiger partial charge in [0.05, 0.1) is 24.6 Å². The Bertz CT molecular complexity index is 512. The molecule has 1 aliphatic heterocycles. The molecule has 0 bridgehead atoms. The van der Waals surface area contributed by atoms with E-state index in [2.05, 4.69) is 10.4 Å². The molecular formula is C14H25N5O2. The molecule has 1 unspecified atom stereocenters. The molecule has 3 N–H and O–H groups in total. The van der Waals surface area contributed by atoms with Gasteiger partial charge in [-0.05, 0) is 27.7 Å². The second kappa shape index (κ2) is 6.34. The van der Waals surface area contributed by atoms with Crippen LogP contribution >= 0.6 is 0 Å². The van der Waals surface area contributed by atoms with Crippen LogP contribution in [0.5, 0.6) is 0 Å². The molecule has 0 aromatic carbocycles. The topological polar surface area (TPSA) is 85.4 Å². The molecule has 0 aliphatic carbocycles. The third-order valence-corrected chi connectivity index (χ3v) is 3.58. The van der Waals surface area contributed by atoms with Crippen molar-refractivity contribution in [2.75, 3.05) is 30.4 Å². The van der Waals surface area contributed by atoms with Crippen LogP contribution < -0.4 is 16.0 Å². The summed E-state index contributed by atoms with van der Waals surface area (Å²) in [6.07, 6.45) is 0. The number of nitrogens with two attached hydrogens (primary N) is 1. The highest BCUT2D eigenvalue weighted by Crippen LogP contribution is 2.29. The van der Waals surface area contributed by atoms with Gasteiger partial charge in [0.15, 0.2) is 5.82 Å². The number of hydrogen-bond donors (Lipinski definition) is 2. The lowest BCUT2D eigenvalue weighted by atomic mass is 10.2. The van der Waals surface area contributed by atoms with Crippen LogP contribution in [0, 0.1) is 6.92 Å². The summed E-state index contributed by atoms with van der Waals surface area (Å²) in [4.78, 5) is 14.4. The number of ether oxygens (including phenoxy) is 1. The molecule has 0 spiro atoms. The van der Waals surface area contributed by atoms with Gasteiger partial charge in [-0.2, -0.15) is 5.10 Å². The van der Waals surface area contributed by atoms with Gasteiger partial charge in [-0.25, -0.2) is 4.68 Å². The number of anilines is 2. The highest BCUT2D eigenvalue weighted by atomic mass is 16.5. The Morgan fingerprint density at radius 1 is 1.57 bits per heavy atom. The first-order valence-electron chi connectivity index (χ1n) is 7.43. The Morgan fingerprint density at radius 2 is 2.29 bits per heavy atom. The maximum Gasteiger partial charge on any atom is 0.245 e. The first-order valence-corrected chi connectivity index (χ1v) is 7.43. The average Bonchev–Trinajstić information content (AvgIpc) is 2.73. The highest BCUT2D eigenvalue weighted by molar-refractivity contribution is 5.87. The molecule has 1 atom stereocenters. The molecule has 1 fully saturated rings. The molecule has 1 saturated heterocycles. The minimum atomic E-state index is -0.371. The minimum Gasteiger partial charge on any atom is -0.394 e. The van der Waals surface area contributed by atoms with Gasteiger partial charge in [-0.15, -0.1) is 0 Å². The smallest absolute Gasteiger partial charge is 0.245 e. The van der Waals surface area contributed by atoms with Crippen LogP contribution in [0.15, 0.2) is 0 Å². The Kier molecular flexibility index (Phi) is 4.72. The number of carbonyl (C=O) groups is 1. The number of aryl methyl sites for hydroxylation is 2. The average molecular weight is 295 g/mol. The SMILES string of the molecule is CCn1nc(C)c(N)c1N1CCOCC1C(=O)NC(C)C. The fourth-order valence-corrected chi connectivity index (χ4v) is 2.56. The van der Waals surface area contributed by atoms with Crippen LogP contribution in [0.1, 0.15) is 26.5 Å². The Labute approximate surface area is 125 Å². The Balaban J connectivity index is 2.33. The number of aromatic nitrogens is 2. The summed E-state index contributed by atoms with van der Waals surface area (Å²) in [6, 6.07) is -0.277. The van der Waals surface area contributed by atoms with Crippen LogP contribution in [0.3, 0.4) is 0 Å². The number of rotatable bonds is 4. The summed E-state index contributed by atoms with van der Waals surface area (Å²) < 4.78 is 7.34. The number of amides is 1. The molecule has 7 nitrogen and oxygen atoms in total. The van der Waals surface area contributed by atoms with E-state index in [4.69, 9.17) is 10.5 Å². The zero-order valence-electron chi connectivity index (χ0n) is 13.2. The number of morpholine rings is 1. The van der Waals surface area contributed by atoms with Gasteiger partial charge in [0.25, 0.3) is 0 Å². The molecule has 1 aromatic rings. The molecule has 21 heavy (non-hydrogen) atoms. The van der Waals surface area contributed by atoms with E-state index in [0.717, 1.165) is 11.5 Å². The van der Waals surface area contributed by atoms with Gasteiger partial charge < -0.3 is 20.7 Å². The maximum atomic E-state index is 12.4. The second-order valence-electron chi connectivity index (χ2n) is 5.59. The van der Waals surface area contributed by atoms with E-state index in [1.165, 1.54) is 0 Å². The molecule has 2 rings (SSSR count). The van der Waals surface area contributed by atoms with E-state index in [-0.39, 0.29) is 18.0 Å². The Hall–Kier alpha value is -1.76. The van der Waals surface area contributed by atoms with Gasteiger partial charge in [-0.1, -0.05) is 0 Å². The fraction of sp³-hybridized carbons (Fsp3) is 0.714. The van der Waals surface area contributed by atoms with Crippen molar-refractivity contribution >= 4 is 17.4 Å². The monoisotopic (exact) mass is 295 g/mol. The normalized spacial score (nSPS) is 19.1. The van der Waals surface area contributed by atoms with Crippen LogP contribution in [-0.2, 0) is 16.1 Å². The standard InChI is InChI=1S/C14H25N5O2/c1-5-19-14(12(15)10(4)17-19)18-6-7-21-8-11(18)13(20)16-9(2)3/h9,11H,5-8,15H2,1-4H3,(H,16,20). The summed E-state index contributed by atoms with van der Waals surface area (Å²) in [5, 5.41) is 7.38. The fourth-order valence-electron chi connectivity index (χ4n) is 2.56. The van der Waals surface area contributed by atoms with Crippen molar-refractivity contribution in [2.45, 2.75) is 46.3 Å². The lowest BCUT2D eigenvalue weighted by Gasteiger charge is -2.36. The maximum absolute atomic E-state index is 12.4. The Morgan fingerprint density at radius 3 is 2.90 bits per heavy atom. The zero-order chi connectivity index (χ0) is 15.6. The molecule has 1 aliphatic rings. The second-order valence-corrected chi connectivity index (χ2v) is 5.59. The molecule has 2 heterocycles. The third kappa shape index (κ3) is 3.12. The number of carbonyl (C=O) groups excluding carboxylic acids is 1. The van der Waals surface area contributed by atoms with Crippen molar-refractivity contribution in [3.63, 3.8) is 0 Å². The number of hydrogen-bond acceptors (Lipinski definition) is 5. The van der Waals surface area contributed by atoms with E-state index in [1.54, 1.807) is 0 Å². The van der Waals surface area contributed by atoms with Crippen molar-refractivity contribution < 1.29 is 9.53 Å². The predicted molar refractivity (Wildman–Crippen MR) is 82.3 cm³/mol. The van der Waals surface area contributed by atoms with Gasteiger partial charge in [-0.3, -0.25) is 4.79 Å². The van der Waals surface area contributed by atoms with Crippen molar-refractivity contribution in [3.8, 4) is 0 Å². The molecule has 1 amide bonds. The molecular weight excluding hydrogens is 270 g/mol. The van der Waals surface area contributed by atoms with Gasteiger partial charge in [0.1, 0.15) is 6.04 Å². The van der Waals surface area contributed by atoms with Gasteiger partial charge >= 0.3 is 0 Å². The summed E-state index contributed by atoms with van der Waals surface area (Å²) in [6.45, 7) is 10.1. The van der Waals surface area contributed by atoms with Crippen LogP contribution in [0.4, 0.5) is 11.5 Å². The molecule has 0 radical (unpaired) electrons. The van der Waals surface area contributed by atoms with E-state index in [0.29, 0.717) is 32.0 Å². The number of nitrogen functional groups attached to an aromatic ring is 1. The first kappa shape index (κ1) is 15.6. The van der Waals surface area contributed by atoms with E-state index < -0.39 is 0 Å². The number of nitrogens with one attached hydrogen (secondary N) is 1. The summed E-state index contributed by atoms with van der Waals surface area (Å²) >= 11 is 0. The predicted octanol–water partition coefficient (Wildman–Crippen LogP) is 0.523. The van der Waals surface area contributed by atoms with Gasteiger partial charge in [0.2, 0.25) is 5.91 Å². The molecule has 7 heteroatoms. The minimum absolute atomic E-state index is 0.0365. The summed E-state index contributed by atoms with van der Waals surface area (Å²) in [7, 11) is 0. The largest absolute Gasteiger partial charge is 0.394 e. The lowest BCUT2D eigenvalue weighted by Crippen LogP contribution is -2.55. The van der Waals surface area contributed by atoms with E-state index in [1.807, 2.05) is 37.3 Å². The van der Waals surface area contributed by atoms with E-state index >= 15 is 0 Å². The summed E-state index contributed by atoms with van der Waals surface area (Å²) in [5.41, 5.74) is 7.61. The van der Waals surface area contributed by atoms with E-state index in [9.17, 15) is 4.79 Å². The van der Waals surface area contributed by atoms with Crippen molar-refractivity contribution in [2.24, 2.45) is 0 Å². The zero-order valence-corrected chi connectivity index (χ0v) is 13.2. The molecule has 1 aromatic heterocycles. The van der Waals surface area contributed by atoms with Crippen molar-refractivity contribution in [3.05, 3.63) is 5.69 Å². The van der Waals surface area contributed by atoms with Crippen molar-refractivity contribution in [1.82, 2.24) is 15.1 Å². The quantitative estimate of drug-likeness (QED) is 0.846. The van der Waals surface area contributed by atoms with Crippen molar-refractivity contribution in [1.29, 1.82) is 0 Å². The van der Waals surface area contributed by atoms with Crippen LogP contribution in [0.25, 0.3) is 0 Å². The molecule has 0 saturated carbocycles. The highest BCUT2D eigenvalue weighted by Gasteiger charge is 2.33. The number of nitrogens with zero attached hydrogens (tertiary/aromatic N) is 3. The third-order valence-electron chi connectivity index (χ3n) is 3.58. The first-order chi connectivity index (χ1) is 9.95. The summed E-state index contributed by atoms with van der Waals surface area (Å²) in [5.74, 6) is 0.785. The van der Waals surface area contributed by atoms with Crippen LogP contribution in [0.2, 0.25) is 0 Å². The molecule has 118 valence electrons. The lowest BCUT2D eigenvalue weighted by molar-refractivity contribution is -0.125.